The molecule has 4 nitrogen and oxygen atoms in total. The number of halogens is 1. The van der Waals surface area contributed by atoms with E-state index in [1.807, 2.05) is 43.3 Å². The Labute approximate surface area is 136 Å². The summed E-state index contributed by atoms with van der Waals surface area (Å²) >= 11 is 6.09. The second-order valence-electron chi connectivity index (χ2n) is 5.20. The van der Waals surface area contributed by atoms with Gasteiger partial charge >= 0.3 is 0 Å². The van der Waals surface area contributed by atoms with Gasteiger partial charge in [-0.3, -0.25) is 0 Å². The average Bonchev–Trinajstić information content (AvgIpc) is 2.51. The molecule has 0 radical (unpaired) electrons. The zero-order chi connectivity index (χ0) is 15.9. The van der Waals surface area contributed by atoms with Crippen molar-refractivity contribution in [2.45, 2.75) is 31.7 Å². The highest BCUT2D eigenvalue weighted by Gasteiger charge is 2.11. The van der Waals surface area contributed by atoms with Crippen LogP contribution >= 0.6 is 11.6 Å². The molecule has 3 N–H and O–H groups in total. The molecule has 0 aliphatic carbocycles. The fourth-order valence-corrected chi connectivity index (χ4v) is 2.15. The van der Waals surface area contributed by atoms with E-state index in [1.165, 1.54) is 0 Å². The van der Waals surface area contributed by atoms with Crippen molar-refractivity contribution in [2.24, 2.45) is 0 Å². The molecule has 1 heterocycles. The van der Waals surface area contributed by atoms with Crippen LogP contribution in [0, 0.1) is 0 Å². The lowest BCUT2D eigenvalue weighted by Crippen LogP contribution is -2.27. The lowest BCUT2D eigenvalue weighted by Gasteiger charge is -2.19. The minimum atomic E-state index is -0.176. The molecule has 2 aromatic rings. The number of para-hydroxylation sites is 1. The first-order valence-electron chi connectivity index (χ1n) is 7.44. The van der Waals surface area contributed by atoms with E-state index >= 15 is 0 Å². The van der Waals surface area contributed by atoms with Crippen LogP contribution < -0.4 is 15.8 Å². The van der Waals surface area contributed by atoms with Crippen molar-refractivity contribution in [1.82, 2.24) is 4.98 Å². The van der Waals surface area contributed by atoms with Gasteiger partial charge in [-0.2, -0.15) is 0 Å². The minimum Gasteiger partial charge on any atom is -0.491 e. The number of aromatic nitrogens is 1. The third kappa shape index (κ3) is 4.81. The van der Waals surface area contributed by atoms with Crippen molar-refractivity contribution >= 4 is 23.1 Å². The van der Waals surface area contributed by atoms with Gasteiger partial charge in [-0.25, -0.2) is 4.98 Å². The molecule has 0 aliphatic rings. The fraction of sp³-hybridized carbons (Fsp3) is 0.353. The largest absolute Gasteiger partial charge is 0.491 e. The second-order valence-corrected chi connectivity index (χ2v) is 5.85. The van der Waals surface area contributed by atoms with E-state index in [4.69, 9.17) is 22.1 Å². The summed E-state index contributed by atoms with van der Waals surface area (Å²) in [5.74, 6) is 1.59. The SMILES string of the molecule is CCC(COc1ccccc1)Nc1cc(N)cc(C(C)Cl)n1. The molecule has 0 spiro atoms. The lowest BCUT2D eigenvalue weighted by atomic mass is 10.2. The van der Waals surface area contributed by atoms with E-state index < -0.39 is 0 Å². The molecule has 22 heavy (non-hydrogen) atoms. The van der Waals surface area contributed by atoms with Crippen molar-refractivity contribution in [3.05, 3.63) is 48.2 Å². The molecule has 0 amide bonds. The van der Waals surface area contributed by atoms with Gasteiger partial charge in [0, 0.05) is 11.8 Å². The van der Waals surface area contributed by atoms with Crippen LogP contribution in [0.1, 0.15) is 31.3 Å². The third-order valence-corrected chi connectivity index (χ3v) is 3.54. The Morgan fingerprint density at radius 1 is 1.27 bits per heavy atom. The standard InChI is InChI=1S/C17H22ClN3O/c1-3-14(11-22-15-7-5-4-6-8-15)20-17-10-13(19)9-16(21-17)12(2)18/h4-10,12,14H,3,11H2,1-2H3,(H3,19,20,21). The van der Waals surface area contributed by atoms with Gasteiger partial charge in [0.25, 0.3) is 0 Å². The van der Waals surface area contributed by atoms with Crippen molar-refractivity contribution in [1.29, 1.82) is 0 Å². The summed E-state index contributed by atoms with van der Waals surface area (Å²) in [4.78, 5) is 4.50. The molecule has 1 aromatic carbocycles. The number of rotatable bonds is 7. The highest BCUT2D eigenvalue weighted by atomic mass is 35.5. The van der Waals surface area contributed by atoms with Crippen LogP contribution in [-0.2, 0) is 0 Å². The summed E-state index contributed by atoms with van der Waals surface area (Å²) in [5, 5.41) is 3.18. The minimum absolute atomic E-state index is 0.146. The number of anilines is 2. The number of nitrogens with two attached hydrogens (primary N) is 1. The smallest absolute Gasteiger partial charge is 0.128 e. The molecule has 0 bridgehead atoms. The van der Waals surface area contributed by atoms with E-state index in [2.05, 4.69) is 17.2 Å². The van der Waals surface area contributed by atoms with Gasteiger partial charge in [0.15, 0.2) is 0 Å². The number of ether oxygens (including phenoxy) is 1. The second kappa shape index (κ2) is 7.90. The molecular weight excluding hydrogens is 298 g/mol. The molecule has 118 valence electrons. The first-order valence-corrected chi connectivity index (χ1v) is 7.88. The van der Waals surface area contributed by atoms with E-state index in [1.54, 1.807) is 6.07 Å². The Morgan fingerprint density at radius 2 is 2.00 bits per heavy atom. The van der Waals surface area contributed by atoms with Crippen LogP contribution in [-0.4, -0.2) is 17.6 Å². The maximum Gasteiger partial charge on any atom is 0.128 e. The molecule has 0 saturated carbocycles. The van der Waals surface area contributed by atoms with Gasteiger partial charge in [-0.05, 0) is 31.5 Å². The number of alkyl halides is 1. The Bertz CT molecular complexity index is 590. The fourth-order valence-electron chi connectivity index (χ4n) is 2.04. The van der Waals surface area contributed by atoms with E-state index in [-0.39, 0.29) is 11.4 Å². The summed E-state index contributed by atoms with van der Waals surface area (Å²) in [7, 11) is 0. The summed E-state index contributed by atoms with van der Waals surface area (Å²) in [5.41, 5.74) is 7.33. The van der Waals surface area contributed by atoms with Crippen LogP contribution in [0.25, 0.3) is 0 Å². The maximum atomic E-state index is 6.09. The van der Waals surface area contributed by atoms with E-state index in [9.17, 15) is 0 Å². The lowest BCUT2D eigenvalue weighted by molar-refractivity contribution is 0.294. The highest BCUT2D eigenvalue weighted by molar-refractivity contribution is 6.20. The Hall–Kier alpha value is -1.94. The number of hydrogen-bond donors (Lipinski definition) is 2. The number of nitrogens with one attached hydrogen (secondary N) is 1. The Balaban J connectivity index is 2.00. The van der Waals surface area contributed by atoms with Gasteiger partial charge in [-0.1, -0.05) is 25.1 Å². The quantitative estimate of drug-likeness (QED) is 0.750. The monoisotopic (exact) mass is 319 g/mol. The number of nitrogens with zero attached hydrogens (tertiary/aromatic N) is 1. The molecule has 0 aliphatic heterocycles. The molecule has 2 atom stereocenters. The first-order chi connectivity index (χ1) is 10.6. The van der Waals surface area contributed by atoms with Gasteiger partial charge < -0.3 is 15.8 Å². The zero-order valence-electron chi connectivity index (χ0n) is 12.9. The molecule has 2 unspecified atom stereocenters. The summed E-state index contributed by atoms with van der Waals surface area (Å²) < 4.78 is 5.79. The highest BCUT2D eigenvalue weighted by Crippen LogP contribution is 2.22. The molecule has 2 rings (SSSR count). The van der Waals surface area contributed by atoms with E-state index in [0.29, 0.717) is 12.3 Å². The molecular formula is C17H22ClN3O. The van der Waals surface area contributed by atoms with Gasteiger partial charge in [0.2, 0.25) is 0 Å². The van der Waals surface area contributed by atoms with Crippen LogP contribution in [0.3, 0.4) is 0 Å². The molecule has 5 heteroatoms. The molecule has 1 aromatic heterocycles. The normalized spacial score (nSPS) is 13.4. The number of nitrogen functional groups attached to an aromatic ring is 1. The van der Waals surface area contributed by atoms with E-state index in [0.717, 1.165) is 23.7 Å². The third-order valence-electron chi connectivity index (χ3n) is 3.31. The van der Waals surface area contributed by atoms with Gasteiger partial charge in [0.05, 0.1) is 17.1 Å². The number of pyridine rings is 1. The van der Waals surface area contributed by atoms with Gasteiger partial charge in [-0.15, -0.1) is 11.6 Å². The predicted octanol–water partition coefficient (Wildman–Crippen LogP) is 4.23. The summed E-state index contributed by atoms with van der Waals surface area (Å²) in [6.07, 6.45) is 0.912. The van der Waals surface area contributed by atoms with Crippen molar-refractivity contribution < 1.29 is 4.74 Å². The van der Waals surface area contributed by atoms with Gasteiger partial charge in [0.1, 0.15) is 18.2 Å². The molecule has 0 saturated heterocycles. The van der Waals surface area contributed by atoms with Crippen molar-refractivity contribution in [2.75, 3.05) is 17.7 Å². The van der Waals surface area contributed by atoms with Crippen molar-refractivity contribution in [3.63, 3.8) is 0 Å². The first kappa shape index (κ1) is 16.4. The number of benzene rings is 1. The average molecular weight is 320 g/mol. The van der Waals surface area contributed by atoms with Crippen LogP contribution in [0.2, 0.25) is 0 Å². The predicted molar refractivity (Wildman–Crippen MR) is 92.6 cm³/mol. The topological polar surface area (TPSA) is 60.2 Å². The van der Waals surface area contributed by atoms with Crippen LogP contribution in [0.4, 0.5) is 11.5 Å². The summed E-state index contributed by atoms with van der Waals surface area (Å²) in [6, 6.07) is 13.5. The zero-order valence-corrected chi connectivity index (χ0v) is 13.7. The number of hydrogen-bond acceptors (Lipinski definition) is 4. The maximum absolute atomic E-state index is 6.09. The van der Waals surface area contributed by atoms with Crippen LogP contribution in [0.15, 0.2) is 42.5 Å². The Kier molecular flexibility index (Phi) is 5.90. The Morgan fingerprint density at radius 3 is 2.64 bits per heavy atom. The molecule has 0 fully saturated rings. The van der Waals surface area contributed by atoms with Crippen LogP contribution in [0.5, 0.6) is 5.75 Å². The summed E-state index contributed by atoms with van der Waals surface area (Å²) in [6.45, 7) is 4.54. The van der Waals surface area contributed by atoms with Crippen molar-refractivity contribution in [3.8, 4) is 5.75 Å².